The van der Waals surface area contributed by atoms with Gasteiger partial charge in [0, 0.05) is 0 Å². The molecule has 0 spiro atoms. The van der Waals surface area contributed by atoms with Gasteiger partial charge in [0.25, 0.3) is 0 Å². The van der Waals surface area contributed by atoms with Crippen molar-refractivity contribution in [3.05, 3.63) is 58.6 Å². The van der Waals surface area contributed by atoms with Crippen LogP contribution in [0.25, 0.3) is 22.4 Å². The molecule has 0 unspecified atom stereocenters. The van der Waals surface area contributed by atoms with Gasteiger partial charge >= 0.3 is 0 Å². The average Bonchev–Trinajstić information content (AvgIpc) is 2.87. The van der Waals surface area contributed by atoms with Crippen LogP contribution in [0.3, 0.4) is 0 Å². The third-order valence-electron chi connectivity index (χ3n) is 3.07. The summed E-state index contributed by atoms with van der Waals surface area (Å²) >= 11 is 1.71. The van der Waals surface area contributed by atoms with Gasteiger partial charge in [-0.05, 0) is 48.4 Å². The topological polar surface area (TPSA) is 22.1 Å². The van der Waals surface area contributed by atoms with Crippen molar-refractivity contribution >= 4 is 33.7 Å². The number of fused-ring (bicyclic) bond motifs is 1. The van der Waals surface area contributed by atoms with Gasteiger partial charge in [-0.25, -0.2) is 4.98 Å². The Labute approximate surface area is 122 Å². The highest BCUT2D eigenvalue weighted by atomic mass is 32.1. The zero-order valence-electron chi connectivity index (χ0n) is 11.5. The summed E-state index contributed by atoms with van der Waals surface area (Å²) in [4.78, 5) is 4.63. The van der Waals surface area contributed by atoms with E-state index < -0.39 is 0 Å². The second kappa shape index (κ2) is 5.47. The van der Waals surface area contributed by atoms with Gasteiger partial charge in [-0.2, -0.15) is 0 Å². The molecule has 0 atom stereocenters. The first-order valence-corrected chi connectivity index (χ1v) is 7.25. The van der Waals surface area contributed by atoms with Crippen LogP contribution in [0.15, 0.2) is 42.5 Å². The number of hydrogen-bond donors (Lipinski definition) is 0. The maximum atomic E-state index is 5.22. The van der Waals surface area contributed by atoms with Crippen LogP contribution in [0.2, 0.25) is 0 Å². The number of rotatable bonds is 3. The molecule has 2 aromatic carbocycles. The monoisotopic (exact) mass is 281 g/mol. The Kier molecular flexibility index (Phi) is 3.52. The molecule has 0 saturated heterocycles. The fourth-order valence-electron chi connectivity index (χ4n) is 2.04. The second-order valence-corrected chi connectivity index (χ2v) is 5.70. The predicted molar refractivity (Wildman–Crippen MR) is 86.3 cm³/mol. The number of ether oxygens (including phenoxy) is 1. The van der Waals surface area contributed by atoms with Gasteiger partial charge in [0.05, 0.1) is 17.3 Å². The summed E-state index contributed by atoms with van der Waals surface area (Å²) in [5.74, 6) is 0.868. The molecule has 3 aromatic rings. The quantitative estimate of drug-likeness (QED) is 0.689. The summed E-state index contributed by atoms with van der Waals surface area (Å²) in [6.07, 6.45) is 4.11. The Morgan fingerprint density at radius 3 is 2.85 bits per heavy atom. The van der Waals surface area contributed by atoms with Crippen molar-refractivity contribution in [2.45, 2.75) is 6.92 Å². The van der Waals surface area contributed by atoms with E-state index in [1.54, 1.807) is 18.4 Å². The lowest BCUT2D eigenvalue weighted by Crippen LogP contribution is -1.82. The number of benzene rings is 2. The first-order valence-electron chi connectivity index (χ1n) is 6.44. The van der Waals surface area contributed by atoms with Crippen LogP contribution >= 0.6 is 11.3 Å². The Bertz CT molecular complexity index is 774. The minimum absolute atomic E-state index is 0.868. The van der Waals surface area contributed by atoms with Crippen LogP contribution < -0.4 is 4.74 Å². The maximum Gasteiger partial charge on any atom is 0.119 e. The lowest BCUT2D eigenvalue weighted by atomic mass is 10.2. The smallest absolute Gasteiger partial charge is 0.119 e. The minimum Gasteiger partial charge on any atom is -0.497 e. The molecule has 0 saturated carbocycles. The molecule has 0 amide bonds. The molecule has 0 aliphatic rings. The molecular formula is C17H15NOS. The van der Waals surface area contributed by atoms with Crippen molar-refractivity contribution in [1.29, 1.82) is 0 Å². The van der Waals surface area contributed by atoms with Crippen LogP contribution in [-0.4, -0.2) is 12.1 Å². The number of thiazole rings is 1. The molecule has 0 N–H and O–H groups in total. The van der Waals surface area contributed by atoms with Gasteiger partial charge in [0.15, 0.2) is 0 Å². The first-order chi connectivity index (χ1) is 9.74. The number of aromatic nitrogens is 1. The zero-order chi connectivity index (χ0) is 13.9. The third kappa shape index (κ3) is 2.73. The van der Waals surface area contributed by atoms with Gasteiger partial charge in [-0.3, -0.25) is 0 Å². The first kappa shape index (κ1) is 12.9. The standard InChI is InChI=1S/C17H15NOS/c1-12-6-8-16-15(10-12)18-17(20-16)9-7-13-4-3-5-14(11-13)19-2/h3-11H,1-2H3/b9-7+. The molecule has 100 valence electrons. The summed E-state index contributed by atoms with van der Waals surface area (Å²) in [6.45, 7) is 2.09. The molecule has 0 fully saturated rings. The highest BCUT2D eigenvalue weighted by Gasteiger charge is 2.01. The Hall–Kier alpha value is -2.13. The van der Waals surface area contributed by atoms with Crippen LogP contribution in [-0.2, 0) is 0 Å². The average molecular weight is 281 g/mol. The number of nitrogens with zero attached hydrogens (tertiary/aromatic N) is 1. The number of hydrogen-bond acceptors (Lipinski definition) is 3. The van der Waals surface area contributed by atoms with Gasteiger partial charge in [0.1, 0.15) is 10.8 Å². The van der Waals surface area contributed by atoms with E-state index in [9.17, 15) is 0 Å². The Morgan fingerprint density at radius 2 is 2.00 bits per heavy atom. The number of methoxy groups -OCH3 is 1. The second-order valence-electron chi connectivity index (χ2n) is 4.63. The maximum absolute atomic E-state index is 5.22. The Morgan fingerprint density at radius 1 is 1.10 bits per heavy atom. The Balaban J connectivity index is 1.89. The lowest BCUT2D eigenvalue weighted by Gasteiger charge is -1.99. The van der Waals surface area contributed by atoms with Crippen molar-refractivity contribution in [1.82, 2.24) is 4.98 Å². The van der Waals surface area contributed by atoms with Gasteiger partial charge in [-0.15, -0.1) is 11.3 Å². The van der Waals surface area contributed by atoms with Crippen molar-refractivity contribution < 1.29 is 4.74 Å². The van der Waals surface area contributed by atoms with E-state index in [1.807, 2.05) is 18.2 Å². The van der Waals surface area contributed by atoms with E-state index in [1.165, 1.54) is 10.3 Å². The summed E-state index contributed by atoms with van der Waals surface area (Å²) in [6, 6.07) is 14.4. The molecule has 0 bridgehead atoms. The van der Waals surface area contributed by atoms with E-state index >= 15 is 0 Å². The molecule has 1 aromatic heterocycles. The van der Waals surface area contributed by atoms with E-state index in [-0.39, 0.29) is 0 Å². The number of aryl methyl sites for hydroxylation is 1. The van der Waals surface area contributed by atoms with Gasteiger partial charge < -0.3 is 4.74 Å². The highest BCUT2D eigenvalue weighted by Crippen LogP contribution is 2.24. The van der Waals surface area contributed by atoms with Gasteiger partial charge in [-0.1, -0.05) is 24.3 Å². The van der Waals surface area contributed by atoms with Gasteiger partial charge in [0.2, 0.25) is 0 Å². The summed E-state index contributed by atoms with van der Waals surface area (Å²) in [5.41, 5.74) is 3.42. The van der Waals surface area contributed by atoms with Crippen molar-refractivity contribution in [2.24, 2.45) is 0 Å². The van der Waals surface area contributed by atoms with E-state index in [0.717, 1.165) is 21.8 Å². The fraction of sp³-hybridized carbons (Fsp3) is 0.118. The summed E-state index contributed by atoms with van der Waals surface area (Å²) in [7, 11) is 1.68. The molecule has 20 heavy (non-hydrogen) atoms. The summed E-state index contributed by atoms with van der Waals surface area (Å²) < 4.78 is 6.44. The molecule has 3 rings (SSSR count). The van der Waals surface area contributed by atoms with Crippen molar-refractivity contribution in [2.75, 3.05) is 7.11 Å². The van der Waals surface area contributed by atoms with Crippen molar-refractivity contribution in [3.8, 4) is 5.75 Å². The predicted octanol–water partition coefficient (Wildman–Crippen LogP) is 4.78. The molecule has 1 heterocycles. The normalized spacial score (nSPS) is 11.3. The largest absolute Gasteiger partial charge is 0.497 e. The minimum atomic E-state index is 0.868. The molecule has 0 aliphatic carbocycles. The molecule has 2 nitrogen and oxygen atoms in total. The van der Waals surface area contributed by atoms with Crippen LogP contribution in [0.4, 0.5) is 0 Å². The SMILES string of the molecule is COc1cccc(/C=C/c2nc3cc(C)ccc3s2)c1. The highest BCUT2D eigenvalue weighted by molar-refractivity contribution is 7.19. The molecule has 3 heteroatoms. The lowest BCUT2D eigenvalue weighted by molar-refractivity contribution is 0.414. The van der Waals surface area contributed by atoms with E-state index in [2.05, 4.69) is 48.3 Å². The van der Waals surface area contributed by atoms with Crippen LogP contribution in [0.1, 0.15) is 16.1 Å². The van der Waals surface area contributed by atoms with Crippen molar-refractivity contribution in [3.63, 3.8) is 0 Å². The van der Waals surface area contributed by atoms with Crippen LogP contribution in [0, 0.1) is 6.92 Å². The van der Waals surface area contributed by atoms with E-state index in [0.29, 0.717) is 0 Å². The van der Waals surface area contributed by atoms with Crippen LogP contribution in [0.5, 0.6) is 5.75 Å². The molecule has 0 aliphatic heterocycles. The molecule has 0 radical (unpaired) electrons. The fourth-order valence-corrected chi connectivity index (χ4v) is 2.89. The third-order valence-corrected chi connectivity index (χ3v) is 4.07. The summed E-state index contributed by atoms with van der Waals surface area (Å²) in [5, 5.41) is 1.02. The molecular weight excluding hydrogens is 266 g/mol. The van der Waals surface area contributed by atoms with E-state index in [4.69, 9.17) is 4.74 Å². The zero-order valence-corrected chi connectivity index (χ0v) is 12.3.